The maximum atomic E-state index is 12.0. The highest BCUT2D eigenvalue weighted by Gasteiger charge is 2.04. The average molecular weight is 337 g/mol. The Labute approximate surface area is 145 Å². The molecule has 3 aromatic rings. The molecule has 0 aliphatic rings. The summed E-state index contributed by atoms with van der Waals surface area (Å²) in [6, 6.07) is 14.6. The Bertz CT molecular complexity index is 894. The third-order valence-electron chi connectivity index (χ3n) is 3.57. The molecule has 0 aliphatic heterocycles. The lowest BCUT2D eigenvalue weighted by molar-refractivity contribution is -0.111. The summed E-state index contributed by atoms with van der Waals surface area (Å²) in [6.45, 7) is 2.53. The van der Waals surface area contributed by atoms with Gasteiger partial charge in [-0.2, -0.15) is 0 Å². The molecule has 0 unspecified atom stereocenters. The quantitative estimate of drug-likeness (QED) is 0.673. The second-order valence-corrected chi connectivity index (χ2v) is 5.33. The van der Waals surface area contributed by atoms with Gasteiger partial charge < -0.3 is 19.2 Å². The summed E-state index contributed by atoms with van der Waals surface area (Å²) in [5, 5.41) is 3.71. The van der Waals surface area contributed by atoms with Crippen molar-refractivity contribution in [2.75, 3.05) is 19.0 Å². The van der Waals surface area contributed by atoms with Crippen LogP contribution in [0, 0.1) is 0 Å². The molecule has 25 heavy (non-hydrogen) atoms. The van der Waals surface area contributed by atoms with Crippen LogP contribution in [-0.2, 0) is 4.79 Å². The van der Waals surface area contributed by atoms with Crippen molar-refractivity contribution in [3.05, 3.63) is 60.4 Å². The number of anilines is 1. The van der Waals surface area contributed by atoms with Gasteiger partial charge in [-0.1, -0.05) is 0 Å². The lowest BCUT2D eigenvalue weighted by atomic mass is 10.2. The standard InChI is InChI=1S/C20H19NO4/c1-3-24-16-6-4-15(5-7-16)21-20(22)11-9-18-13-14-12-17(23-2)8-10-19(14)25-18/h4-13H,3H2,1-2H3,(H,21,22). The third-order valence-corrected chi connectivity index (χ3v) is 3.57. The molecular weight excluding hydrogens is 318 g/mol. The van der Waals surface area contributed by atoms with Gasteiger partial charge in [-0.15, -0.1) is 0 Å². The predicted molar refractivity (Wildman–Crippen MR) is 98.0 cm³/mol. The van der Waals surface area contributed by atoms with Gasteiger partial charge in [0.1, 0.15) is 22.8 Å². The first kappa shape index (κ1) is 16.6. The Morgan fingerprint density at radius 1 is 1.12 bits per heavy atom. The molecule has 0 aliphatic carbocycles. The van der Waals surface area contributed by atoms with E-state index in [-0.39, 0.29) is 5.91 Å². The van der Waals surface area contributed by atoms with Crippen LogP contribution < -0.4 is 14.8 Å². The molecule has 128 valence electrons. The summed E-state index contributed by atoms with van der Waals surface area (Å²) in [4.78, 5) is 12.0. The molecule has 0 radical (unpaired) electrons. The molecule has 3 rings (SSSR count). The van der Waals surface area contributed by atoms with E-state index in [1.807, 2.05) is 43.3 Å². The first-order valence-electron chi connectivity index (χ1n) is 7.97. The fraction of sp³-hybridized carbons (Fsp3) is 0.150. The number of carbonyl (C=O) groups is 1. The molecule has 0 bridgehead atoms. The smallest absolute Gasteiger partial charge is 0.248 e. The number of carbonyl (C=O) groups excluding carboxylic acids is 1. The van der Waals surface area contributed by atoms with Crippen molar-refractivity contribution in [1.82, 2.24) is 0 Å². The molecule has 0 saturated carbocycles. The van der Waals surface area contributed by atoms with E-state index in [1.54, 1.807) is 25.3 Å². The summed E-state index contributed by atoms with van der Waals surface area (Å²) in [5.41, 5.74) is 1.44. The molecule has 1 aromatic heterocycles. The maximum Gasteiger partial charge on any atom is 0.248 e. The van der Waals surface area contributed by atoms with Crippen molar-refractivity contribution in [2.45, 2.75) is 6.92 Å². The average Bonchev–Trinajstić information content (AvgIpc) is 3.04. The number of methoxy groups -OCH3 is 1. The Morgan fingerprint density at radius 2 is 1.88 bits per heavy atom. The minimum absolute atomic E-state index is 0.234. The highest BCUT2D eigenvalue weighted by molar-refractivity contribution is 6.02. The topological polar surface area (TPSA) is 60.7 Å². The van der Waals surface area contributed by atoms with Crippen LogP contribution in [0.2, 0.25) is 0 Å². The van der Waals surface area contributed by atoms with Gasteiger partial charge >= 0.3 is 0 Å². The molecule has 1 N–H and O–H groups in total. The monoisotopic (exact) mass is 337 g/mol. The van der Waals surface area contributed by atoms with E-state index < -0.39 is 0 Å². The van der Waals surface area contributed by atoms with Gasteiger partial charge in [0.25, 0.3) is 0 Å². The van der Waals surface area contributed by atoms with Crippen molar-refractivity contribution in [3.63, 3.8) is 0 Å². The minimum Gasteiger partial charge on any atom is -0.497 e. The number of hydrogen-bond acceptors (Lipinski definition) is 4. The van der Waals surface area contributed by atoms with E-state index in [1.165, 1.54) is 6.08 Å². The molecule has 0 fully saturated rings. The van der Waals surface area contributed by atoms with Gasteiger partial charge in [-0.25, -0.2) is 0 Å². The number of rotatable bonds is 6. The minimum atomic E-state index is -0.234. The second kappa shape index (κ2) is 7.57. The van der Waals surface area contributed by atoms with Gasteiger partial charge in [0, 0.05) is 17.1 Å². The van der Waals surface area contributed by atoms with Gasteiger partial charge in [0.05, 0.1) is 13.7 Å². The van der Waals surface area contributed by atoms with Gasteiger partial charge in [0.2, 0.25) is 5.91 Å². The van der Waals surface area contributed by atoms with Crippen molar-refractivity contribution in [1.29, 1.82) is 0 Å². The highest BCUT2D eigenvalue weighted by atomic mass is 16.5. The van der Waals surface area contributed by atoms with E-state index in [0.717, 1.165) is 22.5 Å². The molecule has 0 spiro atoms. The van der Waals surface area contributed by atoms with Crippen LogP contribution in [0.1, 0.15) is 12.7 Å². The van der Waals surface area contributed by atoms with E-state index in [4.69, 9.17) is 13.9 Å². The van der Waals surface area contributed by atoms with Crippen molar-refractivity contribution in [3.8, 4) is 11.5 Å². The zero-order valence-electron chi connectivity index (χ0n) is 14.1. The van der Waals surface area contributed by atoms with E-state index in [2.05, 4.69) is 5.32 Å². The van der Waals surface area contributed by atoms with Crippen molar-refractivity contribution in [2.24, 2.45) is 0 Å². The van der Waals surface area contributed by atoms with Gasteiger partial charge in [0.15, 0.2) is 0 Å². The van der Waals surface area contributed by atoms with E-state index in [9.17, 15) is 4.79 Å². The first-order valence-corrected chi connectivity index (χ1v) is 7.97. The second-order valence-electron chi connectivity index (χ2n) is 5.33. The van der Waals surface area contributed by atoms with Crippen LogP contribution in [0.5, 0.6) is 11.5 Å². The van der Waals surface area contributed by atoms with Gasteiger partial charge in [-0.05, 0) is 61.5 Å². The maximum absolute atomic E-state index is 12.0. The number of nitrogens with one attached hydrogen (secondary N) is 1. The molecule has 1 amide bonds. The fourth-order valence-electron chi connectivity index (χ4n) is 2.39. The molecule has 1 heterocycles. The largest absolute Gasteiger partial charge is 0.497 e. The van der Waals surface area contributed by atoms with Crippen LogP contribution >= 0.6 is 0 Å². The summed E-state index contributed by atoms with van der Waals surface area (Å²) >= 11 is 0. The SMILES string of the molecule is CCOc1ccc(NC(=O)C=Cc2cc3cc(OC)ccc3o2)cc1. The molecule has 0 saturated heterocycles. The Balaban J connectivity index is 1.65. The lowest BCUT2D eigenvalue weighted by Gasteiger charge is -2.05. The van der Waals surface area contributed by atoms with Gasteiger partial charge in [-0.3, -0.25) is 4.79 Å². The zero-order valence-corrected chi connectivity index (χ0v) is 14.1. The molecule has 5 heteroatoms. The van der Waals surface area contributed by atoms with Crippen LogP contribution in [0.4, 0.5) is 5.69 Å². The number of ether oxygens (including phenoxy) is 2. The molecule has 0 atom stereocenters. The van der Waals surface area contributed by atoms with Crippen LogP contribution in [0.25, 0.3) is 17.0 Å². The summed E-state index contributed by atoms with van der Waals surface area (Å²) in [6.07, 6.45) is 3.07. The molecular formula is C20H19NO4. The Morgan fingerprint density at radius 3 is 2.60 bits per heavy atom. The van der Waals surface area contributed by atoms with Crippen LogP contribution in [0.3, 0.4) is 0 Å². The Hall–Kier alpha value is -3.21. The predicted octanol–water partition coefficient (Wildman–Crippen LogP) is 4.49. The van der Waals surface area contributed by atoms with Crippen molar-refractivity contribution >= 4 is 28.6 Å². The molecule has 5 nitrogen and oxygen atoms in total. The van der Waals surface area contributed by atoms with E-state index in [0.29, 0.717) is 18.1 Å². The highest BCUT2D eigenvalue weighted by Crippen LogP contribution is 2.24. The fourth-order valence-corrected chi connectivity index (χ4v) is 2.39. The summed E-state index contributed by atoms with van der Waals surface area (Å²) in [5.74, 6) is 1.90. The summed E-state index contributed by atoms with van der Waals surface area (Å²) < 4.78 is 16.2. The first-order chi connectivity index (χ1) is 12.2. The summed E-state index contributed by atoms with van der Waals surface area (Å²) in [7, 11) is 1.62. The normalized spacial score (nSPS) is 11.0. The number of fused-ring (bicyclic) bond motifs is 1. The third kappa shape index (κ3) is 4.20. The zero-order chi connectivity index (χ0) is 17.6. The van der Waals surface area contributed by atoms with Crippen molar-refractivity contribution < 1.29 is 18.7 Å². The number of amides is 1. The lowest BCUT2D eigenvalue weighted by Crippen LogP contribution is -2.07. The Kier molecular flexibility index (Phi) is 5.04. The van der Waals surface area contributed by atoms with Crippen LogP contribution in [-0.4, -0.2) is 19.6 Å². The number of furan rings is 1. The number of hydrogen-bond donors (Lipinski definition) is 1. The number of benzene rings is 2. The van der Waals surface area contributed by atoms with Crippen LogP contribution in [0.15, 0.2) is 59.0 Å². The molecule has 2 aromatic carbocycles. The van der Waals surface area contributed by atoms with E-state index >= 15 is 0 Å².